The fraction of sp³-hybridized carbons (Fsp3) is 0.0909. The SMILES string of the molecule is COc1c(-c2ncc(F)cn2)cc(F)cc1[N+](=O)[O-]. The number of aromatic nitrogens is 2. The third kappa shape index (κ3) is 2.46. The predicted octanol–water partition coefficient (Wildman–Crippen LogP) is 2.34. The molecule has 6 nitrogen and oxygen atoms in total. The number of nitro benzene ring substituents is 1. The minimum absolute atomic E-state index is 0.0193. The van der Waals surface area contributed by atoms with Crippen LogP contribution in [0.2, 0.25) is 0 Å². The maximum Gasteiger partial charge on any atom is 0.314 e. The van der Waals surface area contributed by atoms with Crippen molar-refractivity contribution in [3.8, 4) is 17.1 Å². The molecule has 1 aromatic heterocycles. The van der Waals surface area contributed by atoms with Crippen LogP contribution in [-0.4, -0.2) is 22.0 Å². The Balaban J connectivity index is 2.68. The molecule has 0 aliphatic heterocycles. The zero-order valence-corrected chi connectivity index (χ0v) is 9.63. The number of hydrogen-bond acceptors (Lipinski definition) is 5. The molecule has 8 heteroatoms. The molecule has 0 saturated carbocycles. The van der Waals surface area contributed by atoms with E-state index in [-0.39, 0.29) is 17.1 Å². The molecule has 0 atom stereocenters. The first-order chi connectivity index (χ1) is 9.02. The molecule has 1 aromatic carbocycles. The standard InChI is InChI=1S/C11H7F2N3O3/c1-19-10-8(11-14-4-7(13)5-15-11)2-6(12)3-9(10)16(17)18/h2-5H,1H3. The minimum atomic E-state index is -0.838. The Morgan fingerprint density at radius 3 is 2.37 bits per heavy atom. The molecule has 0 radical (unpaired) electrons. The van der Waals surface area contributed by atoms with E-state index >= 15 is 0 Å². The van der Waals surface area contributed by atoms with Crippen LogP contribution in [0.15, 0.2) is 24.5 Å². The Morgan fingerprint density at radius 2 is 1.84 bits per heavy atom. The highest BCUT2D eigenvalue weighted by Gasteiger charge is 2.23. The van der Waals surface area contributed by atoms with Crippen molar-refractivity contribution in [3.05, 3.63) is 46.3 Å². The van der Waals surface area contributed by atoms with E-state index in [4.69, 9.17) is 4.74 Å². The number of ether oxygens (including phenoxy) is 1. The molecule has 0 unspecified atom stereocenters. The van der Waals surface area contributed by atoms with E-state index in [1.165, 1.54) is 7.11 Å². The van der Waals surface area contributed by atoms with E-state index in [0.717, 1.165) is 24.5 Å². The average molecular weight is 267 g/mol. The maximum atomic E-state index is 13.4. The number of halogens is 2. The topological polar surface area (TPSA) is 78.2 Å². The molecule has 0 saturated heterocycles. The van der Waals surface area contributed by atoms with Gasteiger partial charge in [0.2, 0.25) is 5.75 Å². The lowest BCUT2D eigenvalue weighted by Crippen LogP contribution is -1.99. The molecule has 0 bridgehead atoms. The second kappa shape index (κ2) is 4.92. The lowest BCUT2D eigenvalue weighted by Gasteiger charge is -2.07. The Kier molecular flexibility index (Phi) is 3.32. The van der Waals surface area contributed by atoms with Gasteiger partial charge >= 0.3 is 5.69 Å². The van der Waals surface area contributed by atoms with E-state index in [1.54, 1.807) is 0 Å². The number of methoxy groups -OCH3 is 1. The van der Waals surface area contributed by atoms with E-state index in [1.807, 2.05) is 0 Å². The molecular weight excluding hydrogens is 260 g/mol. The van der Waals surface area contributed by atoms with Crippen molar-refractivity contribution >= 4 is 5.69 Å². The maximum absolute atomic E-state index is 13.4. The zero-order chi connectivity index (χ0) is 14.0. The van der Waals surface area contributed by atoms with Crippen LogP contribution in [0.1, 0.15) is 0 Å². The van der Waals surface area contributed by atoms with Crippen LogP contribution in [0.4, 0.5) is 14.5 Å². The van der Waals surface area contributed by atoms with Gasteiger partial charge in [-0.3, -0.25) is 10.1 Å². The minimum Gasteiger partial charge on any atom is -0.490 e. The lowest BCUT2D eigenvalue weighted by atomic mass is 10.1. The van der Waals surface area contributed by atoms with Crippen LogP contribution in [0, 0.1) is 21.7 Å². The molecule has 0 aliphatic carbocycles. The summed E-state index contributed by atoms with van der Waals surface area (Å²) in [6, 6.07) is 1.71. The number of rotatable bonds is 3. The summed E-state index contributed by atoms with van der Waals surface area (Å²) in [6.07, 6.45) is 1.75. The summed E-state index contributed by atoms with van der Waals surface area (Å²) >= 11 is 0. The summed E-state index contributed by atoms with van der Waals surface area (Å²) in [5.41, 5.74) is -0.570. The van der Waals surface area contributed by atoms with Gasteiger partial charge < -0.3 is 4.74 Å². The van der Waals surface area contributed by atoms with Gasteiger partial charge in [0.05, 0.1) is 36.1 Å². The summed E-state index contributed by atoms with van der Waals surface area (Å²) in [5, 5.41) is 10.8. The number of nitro groups is 1. The van der Waals surface area contributed by atoms with Crippen LogP contribution in [0.25, 0.3) is 11.4 Å². The number of nitrogens with zero attached hydrogens (tertiary/aromatic N) is 3. The first-order valence-corrected chi connectivity index (χ1v) is 5.02. The first kappa shape index (κ1) is 12.8. The van der Waals surface area contributed by atoms with Crippen molar-refractivity contribution in [2.45, 2.75) is 0 Å². The molecule has 0 fully saturated rings. The molecular formula is C11H7F2N3O3. The Hall–Kier alpha value is -2.64. The van der Waals surface area contributed by atoms with Crippen LogP contribution in [0.3, 0.4) is 0 Å². The molecule has 0 aliphatic rings. The van der Waals surface area contributed by atoms with Gasteiger partial charge in [0, 0.05) is 0 Å². The van der Waals surface area contributed by atoms with Crippen molar-refractivity contribution in [1.82, 2.24) is 9.97 Å². The normalized spacial score (nSPS) is 10.3. The molecule has 0 amide bonds. The number of benzene rings is 1. The second-order valence-electron chi connectivity index (χ2n) is 3.49. The molecule has 0 spiro atoms. The third-order valence-corrected chi connectivity index (χ3v) is 2.30. The van der Waals surface area contributed by atoms with Gasteiger partial charge in [0.15, 0.2) is 11.6 Å². The van der Waals surface area contributed by atoms with Crippen molar-refractivity contribution < 1.29 is 18.4 Å². The Morgan fingerprint density at radius 1 is 1.21 bits per heavy atom. The second-order valence-corrected chi connectivity index (χ2v) is 3.49. The van der Waals surface area contributed by atoms with Crippen LogP contribution < -0.4 is 4.74 Å². The summed E-state index contributed by atoms with van der Waals surface area (Å²) in [5.74, 6) is -1.76. The van der Waals surface area contributed by atoms with Gasteiger partial charge in [0.25, 0.3) is 0 Å². The van der Waals surface area contributed by atoms with E-state index in [9.17, 15) is 18.9 Å². The smallest absolute Gasteiger partial charge is 0.314 e. The zero-order valence-electron chi connectivity index (χ0n) is 9.63. The third-order valence-electron chi connectivity index (χ3n) is 2.30. The van der Waals surface area contributed by atoms with E-state index < -0.39 is 22.2 Å². The highest BCUT2D eigenvalue weighted by Crippen LogP contribution is 2.37. The van der Waals surface area contributed by atoms with Crippen molar-refractivity contribution in [2.24, 2.45) is 0 Å². The van der Waals surface area contributed by atoms with E-state index in [2.05, 4.69) is 9.97 Å². The van der Waals surface area contributed by atoms with Gasteiger partial charge in [-0.15, -0.1) is 0 Å². The summed E-state index contributed by atoms with van der Waals surface area (Å²) in [7, 11) is 1.20. The summed E-state index contributed by atoms with van der Waals surface area (Å²) < 4.78 is 31.0. The summed E-state index contributed by atoms with van der Waals surface area (Å²) in [6.45, 7) is 0. The molecule has 19 heavy (non-hydrogen) atoms. The Labute approximate surface area is 105 Å². The highest BCUT2D eigenvalue weighted by molar-refractivity contribution is 5.71. The van der Waals surface area contributed by atoms with Crippen LogP contribution in [0.5, 0.6) is 5.75 Å². The fourth-order valence-electron chi connectivity index (χ4n) is 1.55. The summed E-state index contributed by atoms with van der Waals surface area (Å²) in [4.78, 5) is 17.3. The molecule has 2 rings (SSSR count). The van der Waals surface area contributed by atoms with Gasteiger partial charge in [-0.1, -0.05) is 0 Å². The van der Waals surface area contributed by atoms with Gasteiger partial charge in [-0.05, 0) is 6.07 Å². The Bertz CT molecular complexity index is 632. The molecule has 1 heterocycles. The lowest BCUT2D eigenvalue weighted by molar-refractivity contribution is -0.385. The number of hydrogen-bond donors (Lipinski definition) is 0. The van der Waals surface area contributed by atoms with Crippen LogP contribution in [-0.2, 0) is 0 Å². The van der Waals surface area contributed by atoms with Crippen molar-refractivity contribution in [3.63, 3.8) is 0 Å². The molecule has 0 N–H and O–H groups in total. The van der Waals surface area contributed by atoms with Crippen molar-refractivity contribution in [2.75, 3.05) is 7.11 Å². The monoisotopic (exact) mass is 267 g/mol. The predicted molar refractivity (Wildman–Crippen MR) is 60.6 cm³/mol. The van der Waals surface area contributed by atoms with Gasteiger partial charge in [-0.2, -0.15) is 0 Å². The van der Waals surface area contributed by atoms with E-state index in [0.29, 0.717) is 0 Å². The fourth-order valence-corrected chi connectivity index (χ4v) is 1.55. The van der Waals surface area contributed by atoms with Crippen LogP contribution >= 0.6 is 0 Å². The average Bonchev–Trinajstić information content (AvgIpc) is 2.38. The quantitative estimate of drug-likeness (QED) is 0.630. The largest absolute Gasteiger partial charge is 0.490 e. The molecule has 2 aromatic rings. The molecule has 98 valence electrons. The van der Waals surface area contributed by atoms with Crippen molar-refractivity contribution in [1.29, 1.82) is 0 Å². The highest BCUT2D eigenvalue weighted by atomic mass is 19.1. The van der Waals surface area contributed by atoms with Gasteiger partial charge in [-0.25, -0.2) is 18.7 Å². The van der Waals surface area contributed by atoms with Gasteiger partial charge in [0.1, 0.15) is 5.82 Å². The first-order valence-electron chi connectivity index (χ1n) is 5.02.